The molecule has 162 valence electrons. The molecule has 1 fully saturated rings. The maximum absolute atomic E-state index is 13.0. The normalized spacial score (nSPS) is 16.2. The minimum atomic E-state index is -4.86. The third-order valence-corrected chi connectivity index (χ3v) is 10.6. The third-order valence-electron chi connectivity index (χ3n) is 4.65. The van der Waals surface area contributed by atoms with E-state index in [9.17, 15) is 30.8 Å². The molecule has 12 heteroatoms. The lowest BCUT2D eigenvalue weighted by molar-refractivity contribution is 0.00369. The fourth-order valence-electron chi connectivity index (χ4n) is 3.12. The Morgan fingerprint density at radius 1 is 1.07 bits per heavy atom. The Bertz CT molecular complexity index is 1100. The molecule has 0 amide bonds. The van der Waals surface area contributed by atoms with E-state index in [0.29, 0.717) is 25.7 Å². The SMILES string of the molecule is CCCCS(=O)(=O)Oc1ccccc1S(=O)(=O)C(=[N+]=[N-])S(=O)(=O)C1CCCCC1. The molecule has 0 N–H and O–H groups in total. The Morgan fingerprint density at radius 2 is 1.69 bits per heavy atom. The van der Waals surface area contributed by atoms with Crippen LogP contribution in [0.1, 0.15) is 51.9 Å². The van der Waals surface area contributed by atoms with Crippen LogP contribution < -0.4 is 4.18 Å². The molecule has 1 aliphatic rings. The standard InChI is InChI=1S/C17H24N2O7S3/c1-2-3-13-27(20,21)26-15-11-7-8-12-16(15)29(24,25)17(19-18)28(22,23)14-9-5-4-6-10-14/h7-8,11-12,14H,2-6,9-10,13H2,1H3. The molecule has 0 aliphatic heterocycles. The molecule has 0 unspecified atom stereocenters. The summed E-state index contributed by atoms with van der Waals surface area (Å²) in [6.07, 6.45) is 3.52. The zero-order chi connectivity index (χ0) is 21.7. The van der Waals surface area contributed by atoms with Crippen molar-refractivity contribution in [2.24, 2.45) is 0 Å². The summed E-state index contributed by atoms with van der Waals surface area (Å²) in [6, 6.07) is 4.77. The molecule has 0 atom stereocenters. The van der Waals surface area contributed by atoms with Gasteiger partial charge < -0.3 is 9.71 Å². The van der Waals surface area contributed by atoms with Crippen molar-refractivity contribution >= 4 is 34.2 Å². The van der Waals surface area contributed by atoms with Crippen LogP contribution in [-0.4, -0.2) is 45.4 Å². The van der Waals surface area contributed by atoms with Crippen molar-refractivity contribution in [2.45, 2.75) is 62.0 Å². The molecule has 0 saturated heterocycles. The summed E-state index contributed by atoms with van der Waals surface area (Å²) in [5.41, 5.74) is 9.30. The highest BCUT2D eigenvalue weighted by Crippen LogP contribution is 2.31. The molecule has 0 bridgehead atoms. The highest BCUT2D eigenvalue weighted by molar-refractivity contribution is 8.31. The van der Waals surface area contributed by atoms with Crippen LogP contribution in [-0.2, 0) is 29.8 Å². The lowest BCUT2D eigenvalue weighted by Crippen LogP contribution is -2.36. The first kappa shape index (κ1) is 23.5. The predicted molar refractivity (Wildman–Crippen MR) is 107 cm³/mol. The van der Waals surface area contributed by atoms with Crippen LogP contribution in [0.5, 0.6) is 5.75 Å². The molecule has 2 rings (SSSR count). The maximum atomic E-state index is 13.0. The number of unbranched alkanes of at least 4 members (excludes halogenated alkanes) is 1. The van der Waals surface area contributed by atoms with Gasteiger partial charge in [-0.25, -0.2) is 16.8 Å². The Morgan fingerprint density at radius 3 is 2.28 bits per heavy atom. The van der Waals surface area contributed by atoms with Gasteiger partial charge in [-0.2, -0.15) is 8.42 Å². The second-order valence-corrected chi connectivity index (χ2v) is 12.7. The van der Waals surface area contributed by atoms with E-state index in [0.717, 1.165) is 18.6 Å². The number of nitrogens with zero attached hydrogens (tertiary/aromatic N) is 2. The summed E-state index contributed by atoms with van der Waals surface area (Å²) in [6.45, 7) is 1.79. The molecule has 0 heterocycles. The summed E-state index contributed by atoms with van der Waals surface area (Å²) in [5.74, 6) is -0.859. The number of sulfone groups is 2. The number of rotatable bonds is 7. The van der Waals surface area contributed by atoms with Crippen molar-refractivity contribution in [3.8, 4) is 5.75 Å². The van der Waals surface area contributed by atoms with E-state index in [4.69, 9.17) is 4.18 Å². The van der Waals surface area contributed by atoms with Gasteiger partial charge in [-0.05, 0) is 31.4 Å². The zero-order valence-corrected chi connectivity index (χ0v) is 18.5. The van der Waals surface area contributed by atoms with E-state index in [-0.39, 0.29) is 18.6 Å². The van der Waals surface area contributed by atoms with Gasteiger partial charge in [0.25, 0.3) is 19.7 Å². The van der Waals surface area contributed by atoms with Crippen molar-refractivity contribution in [3.63, 3.8) is 0 Å². The number of benzene rings is 1. The van der Waals surface area contributed by atoms with Gasteiger partial charge in [0, 0.05) is 0 Å². The van der Waals surface area contributed by atoms with Crippen LogP contribution in [0, 0.1) is 0 Å². The average molecular weight is 465 g/mol. The minimum Gasteiger partial charge on any atom is -0.381 e. The molecular formula is C17H24N2O7S3. The Kier molecular flexibility index (Phi) is 7.61. The van der Waals surface area contributed by atoms with Crippen molar-refractivity contribution < 1.29 is 34.2 Å². The lowest BCUT2D eigenvalue weighted by Gasteiger charge is -2.19. The molecule has 0 aromatic heterocycles. The van der Waals surface area contributed by atoms with E-state index in [1.807, 2.05) is 0 Å². The third kappa shape index (κ3) is 5.44. The number of hydrogen-bond acceptors (Lipinski definition) is 7. The van der Waals surface area contributed by atoms with Gasteiger partial charge in [-0.1, -0.05) is 44.7 Å². The topological polar surface area (TPSA) is 148 Å². The fourth-order valence-corrected chi connectivity index (χ4v) is 8.50. The van der Waals surface area contributed by atoms with Crippen molar-refractivity contribution in [2.75, 3.05) is 5.75 Å². The molecule has 29 heavy (non-hydrogen) atoms. The minimum absolute atomic E-state index is 0.264. The molecule has 9 nitrogen and oxygen atoms in total. The summed E-state index contributed by atoms with van der Waals surface area (Å²) in [4.78, 5) is 1.92. The second-order valence-electron chi connectivity index (χ2n) is 6.82. The van der Waals surface area contributed by atoms with E-state index in [1.165, 1.54) is 12.1 Å². The molecular weight excluding hydrogens is 440 g/mol. The van der Waals surface area contributed by atoms with Gasteiger partial charge in [0.1, 0.15) is 4.90 Å². The molecule has 0 spiro atoms. The van der Waals surface area contributed by atoms with Crippen molar-refractivity contribution in [3.05, 3.63) is 29.8 Å². The van der Waals surface area contributed by atoms with Gasteiger partial charge in [0.05, 0.1) is 11.0 Å². The van der Waals surface area contributed by atoms with Gasteiger partial charge in [0.2, 0.25) is 0 Å². The second kappa shape index (κ2) is 9.38. The van der Waals surface area contributed by atoms with Crippen LogP contribution in [0.4, 0.5) is 0 Å². The van der Waals surface area contributed by atoms with E-state index in [2.05, 4.69) is 4.79 Å². The highest BCUT2D eigenvalue weighted by Gasteiger charge is 2.48. The van der Waals surface area contributed by atoms with Gasteiger partial charge in [-0.15, -0.1) is 4.79 Å². The summed E-state index contributed by atoms with van der Waals surface area (Å²) < 4.78 is 79.5. The Hall–Kier alpha value is -1.75. The molecule has 1 saturated carbocycles. The van der Waals surface area contributed by atoms with E-state index < -0.39 is 50.1 Å². The monoisotopic (exact) mass is 464 g/mol. The first-order chi connectivity index (χ1) is 13.6. The number of hydrogen-bond donors (Lipinski definition) is 0. The Balaban J connectivity index is 2.49. The van der Waals surface area contributed by atoms with Gasteiger partial charge in [0.15, 0.2) is 5.75 Å². The first-order valence-corrected chi connectivity index (χ1v) is 13.9. The van der Waals surface area contributed by atoms with E-state index >= 15 is 0 Å². The largest absolute Gasteiger partial charge is 0.500 e. The maximum Gasteiger partial charge on any atom is 0.500 e. The molecule has 1 aromatic carbocycles. The molecule has 1 aromatic rings. The van der Waals surface area contributed by atoms with Gasteiger partial charge in [-0.3, -0.25) is 0 Å². The summed E-state index contributed by atoms with van der Waals surface area (Å²) >= 11 is 0. The van der Waals surface area contributed by atoms with Crippen LogP contribution in [0.2, 0.25) is 0 Å². The van der Waals surface area contributed by atoms with Crippen LogP contribution in [0.25, 0.3) is 5.53 Å². The van der Waals surface area contributed by atoms with Crippen molar-refractivity contribution in [1.82, 2.24) is 0 Å². The Labute approximate surface area is 171 Å². The van der Waals surface area contributed by atoms with Crippen LogP contribution in [0.3, 0.4) is 0 Å². The summed E-state index contributed by atoms with van der Waals surface area (Å²) in [7, 11) is -13.4. The smallest absolute Gasteiger partial charge is 0.381 e. The lowest BCUT2D eigenvalue weighted by atomic mass is 10.0. The predicted octanol–water partition coefficient (Wildman–Crippen LogP) is 2.30. The first-order valence-electron chi connectivity index (χ1n) is 9.28. The molecule has 0 radical (unpaired) electrons. The van der Waals surface area contributed by atoms with Crippen LogP contribution in [0.15, 0.2) is 29.2 Å². The quantitative estimate of drug-likeness (QED) is 0.198. The van der Waals surface area contributed by atoms with E-state index in [1.54, 1.807) is 6.92 Å². The zero-order valence-electron chi connectivity index (χ0n) is 16.0. The fraction of sp³-hybridized carbons (Fsp3) is 0.588. The molecule has 1 aliphatic carbocycles. The van der Waals surface area contributed by atoms with Crippen molar-refractivity contribution in [1.29, 1.82) is 0 Å². The average Bonchev–Trinajstić information content (AvgIpc) is 2.67. The summed E-state index contributed by atoms with van der Waals surface area (Å²) in [5, 5.41) is -0.974. The number of para-hydroxylation sites is 1. The van der Waals surface area contributed by atoms with Gasteiger partial charge >= 0.3 is 14.5 Å². The van der Waals surface area contributed by atoms with Crippen LogP contribution >= 0.6 is 0 Å². The highest BCUT2D eigenvalue weighted by atomic mass is 32.3.